The van der Waals surface area contributed by atoms with Gasteiger partial charge in [0.15, 0.2) is 7.37 Å². The molecule has 0 aliphatic carbocycles. The summed E-state index contributed by atoms with van der Waals surface area (Å²) in [5.74, 6) is 0.167. The molecule has 0 aliphatic heterocycles. The molecule has 0 spiro atoms. The molecule has 0 radical (unpaired) electrons. The molecule has 0 saturated carbocycles. The van der Waals surface area contributed by atoms with Crippen molar-refractivity contribution in [2.45, 2.75) is 55.4 Å². The first-order chi connectivity index (χ1) is 10.6. The molecule has 10 heteroatoms. The fraction of sp³-hybridized carbons (Fsp3) is 0.867. The molecule has 0 fully saturated rings. The molecule has 0 heterocycles. The zero-order valence-corrected chi connectivity index (χ0v) is 19.6. The molecular weight excluding hydrogens is 368 g/mol. The lowest BCUT2D eigenvalue weighted by atomic mass is 10.0. The highest BCUT2D eigenvalue weighted by Gasteiger charge is 2.02. The topological polar surface area (TPSA) is 133 Å². The van der Waals surface area contributed by atoms with Crippen molar-refractivity contribution in [1.82, 2.24) is 0 Å². The van der Waals surface area contributed by atoms with Crippen LogP contribution in [0.25, 0.3) is 0 Å². The van der Waals surface area contributed by atoms with Gasteiger partial charge < -0.3 is 24.3 Å². The summed E-state index contributed by atoms with van der Waals surface area (Å²) in [4.78, 5) is 25.7. The Hall–Kier alpha value is -0.520. The molecule has 0 aromatic rings. The molecule has 25 heavy (non-hydrogen) atoms. The number of oxime groups is 1. The van der Waals surface area contributed by atoms with Crippen LogP contribution in [0, 0.1) is 5.41 Å². The molecule has 3 N–H and O–H groups in total. The van der Waals surface area contributed by atoms with Gasteiger partial charge in [-0.15, -0.1) is 0 Å². The number of ketones is 1. The molecule has 0 rings (SSSR count). The van der Waals surface area contributed by atoms with Gasteiger partial charge in [-0.1, -0.05) is 32.9 Å². The van der Waals surface area contributed by atoms with Crippen molar-refractivity contribution in [3.63, 3.8) is 0 Å². The predicted molar refractivity (Wildman–Crippen MR) is 106 cm³/mol. The van der Waals surface area contributed by atoms with Crippen molar-refractivity contribution in [3.8, 4) is 0 Å². The van der Waals surface area contributed by atoms with Gasteiger partial charge in [-0.3, -0.25) is 9.13 Å². The third-order valence-corrected chi connectivity index (χ3v) is 1.22. The molecule has 156 valence electrons. The Bertz CT molecular complexity index is 409. The first-order valence-electron chi connectivity index (χ1n) is 7.33. The predicted octanol–water partition coefficient (Wildman–Crippen LogP) is 4.47. The normalized spacial score (nSPS) is 11.9. The van der Waals surface area contributed by atoms with Gasteiger partial charge in [0.25, 0.3) is 0 Å². The summed E-state index contributed by atoms with van der Waals surface area (Å²) < 4.78 is 23.7. The first-order valence-corrected chi connectivity index (χ1v) is 11.9. The monoisotopic (exact) mass is 407 g/mol. The maximum absolute atomic E-state index is 9.92. The van der Waals surface area contributed by atoms with E-state index < -0.39 is 15.0 Å². The molecular formula is C15H39NO7P2. The average molecular weight is 407 g/mol. The first kappa shape index (κ1) is 35.6. The van der Waals surface area contributed by atoms with Gasteiger partial charge in [0.2, 0.25) is 0 Å². The molecule has 0 amide bonds. The van der Waals surface area contributed by atoms with E-state index in [0.717, 1.165) is 6.66 Å². The minimum Gasteiger partial charge on any atom is -0.411 e. The number of hydrogen-bond acceptors (Lipinski definition) is 6. The zero-order chi connectivity index (χ0) is 22.1. The second-order valence-corrected chi connectivity index (χ2v) is 11.8. The second kappa shape index (κ2) is 18.3. The Balaban J connectivity index is -0.0000000671. The van der Waals surface area contributed by atoms with Crippen LogP contribution < -0.4 is 0 Å². The summed E-state index contributed by atoms with van der Waals surface area (Å²) in [5, 5.41) is 10.5. The van der Waals surface area contributed by atoms with Gasteiger partial charge in [0.05, 0.1) is 5.71 Å². The van der Waals surface area contributed by atoms with Crippen LogP contribution in [0.2, 0.25) is 0 Å². The van der Waals surface area contributed by atoms with Crippen molar-refractivity contribution in [2.24, 2.45) is 10.6 Å². The van der Waals surface area contributed by atoms with Crippen LogP contribution in [-0.2, 0) is 18.4 Å². The van der Waals surface area contributed by atoms with E-state index in [1.165, 1.54) is 34.3 Å². The largest absolute Gasteiger partial charge is 0.411 e. The number of carbonyl (C=O) groups excluding carboxylic acids is 1. The highest BCUT2D eigenvalue weighted by Crippen LogP contribution is 2.34. The van der Waals surface area contributed by atoms with Crippen LogP contribution in [0.3, 0.4) is 0 Å². The quantitative estimate of drug-likeness (QED) is 0.253. The summed E-state index contributed by atoms with van der Waals surface area (Å²) in [6, 6.07) is 0. The van der Waals surface area contributed by atoms with E-state index in [4.69, 9.17) is 15.0 Å². The standard InChI is InChI=1S/C5H12.C3H7NO.C3H6O.C2H7O3P.C2H7O2P/c1-5(2,3)4;1-3(2)4-5;1-3(2)4;1-5-6(2,3)4;1-5(2,3)4/h1-4H3;5H,1-2H3;1-2H3;1-2H3,(H,3,4);1-2H3,(H,3,4). The molecule has 8 nitrogen and oxygen atoms in total. The van der Waals surface area contributed by atoms with Crippen LogP contribution in [0.15, 0.2) is 5.16 Å². The van der Waals surface area contributed by atoms with Crippen LogP contribution in [0.4, 0.5) is 0 Å². The fourth-order valence-corrected chi connectivity index (χ4v) is 0. The van der Waals surface area contributed by atoms with E-state index >= 15 is 0 Å². The second-order valence-electron chi connectivity index (χ2n) is 7.24. The van der Waals surface area contributed by atoms with Gasteiger partial charge in [-0.2, -0.15) is 0 Å². The molecule has 0 bridgehead atoms. The highest BCUT2D eigenvalue weighted by molar-refractivity contribution is 7.56. The van der Waals surface area contributed by atoms with Crippen LogP contribution in [0.5, 0.6) is 0 Å². The SMILES string of the molecule is CC(C)(C)C.CC(C)=NO.CC(C)=O.COP(C)(=O)O.CP(C)(=O)O. The Kier molecular flexibility index (Phi) is 26.0. The van der Waals surface area contributed by atoms with Gasteiger partial charge in [0, 0.05) is 27.1 Å². The molecule has 0 aliphatic rings. The lowest BCUT2D eigenvalue weighted by Gasteiger charge is -2.05. The van der Waals surface area contributed by atoms with Crippen LogP contribution >= 0.6 is 15.0 Å². The Labute approximate surface area is 153 Å². The summed E-state index contributed by atoms with van der Waals surface area (Å²) in [7, 11) is -4.59. The third kappa shape index (κ3) is 540. The van der Waals surface area contributed by atoms with E-state index in [2.05, 4.69) is 37.4 Å². The number of rotatable bonds is 1. The molecule has 0 aromatic carbocycles. The molecule has 1 unspecified atom stereocenters. The van der Waals surface area contributed by atoms with E-state index in [9.17, 15) is 13.9 Å². The van der Waals surface area contributed by atoms with E-state index in [-0.39, 0.29) is 5.78 Å². The van der Waals surface area contributed by atoms with Crippen molar-refractivity contribution in [2.75, 3.05) is 27.1 Å². The number of Topliss-reactive ketones (excluding diaryl/α,β-unsaturated/α-hetero) is 1. The summed E-state index contributed by atoms with van der Waals surface area (Å²) in [5.41, 5.74) is 1.19. The lowest BCUT2D eigenvalue weighted by Crippen LogP contribution is -1.93. The van der Waals surface area contributed by atoms with Crippen molar-refractivity contribution in [1.29, 1.82) is 0 Å². The Morgan fingerprint density at radius 2 is 1.00 bits per heavy atom. The molecule has 0 saturated heterocycles. The zero-order valence-electron chi connectivity index (χ0n) is 17.8. The Morgan fingerprint density at radius 3 is 1.00 bits per heavy atom. The number of carbonyl (C=O) groups is 1. The number of hydrogen-bond donors (Lipinski definition) is 3. The minimum atomic E-state index is -3.15. The van der Waals surface area contributed by atoms with E-state index in [0.29, 0.717) is 11.1 Å². The number of nitrogens with zero attached hydrogens (tertiary/aromatic N) is 1. The fourth-order valence-electron chi connectivity index (χ4n) is 0. The average Bonchev–Trinajstić information content (AvgIpc) is 2.23. The van der Waals surface area contributed by atoms with Gasteiger partial charge in [0.1, 0.15) is 5.78 Å². The van der Waals surface area contributed by atoms with Crippen LogP contribution in [-0.4, -0.2) is 53.6 Å². The molecule has 0 aromatic heterocycles. The van der Waals surface area contributed by atoms with E-state index in [1.807, 2.05) is 0 Å². The van der Waals surface area contributed by atoms with Gasteiger partial charge >= 0.3 is 7.60 Å². The summed E-state index contributed by atoms with van der Waals surface area (Å²) in [6.45, 7) is 19.0. The maximum Gasteiger partial charge on any atom is 0.324 e. The molecule has 1 atom stereocenters. The van der Waals surface area contributed by atoms with Crippen LogP contribution in [0.1, 0.15) is 55.4 Å². The summed E-state index contributed by atoms with van der Waals surface area (Å²) in [6.07, 6.45) is 0. The van der Waals surface area contributed by atoms with Crippen molar-refractivity contribution < 1.29 is 33.4 Å². The Morgan fingerprint density at radius 1 is 0.920 bits per heavy atom. The van der Waals surface area contributed by atoms with Crippen molar-refractivity contribution in [3.05, 3.63) is 0 Å². The van der Waals surface area contributed by atoms with Crippen molar-refractivity contribution >= 4 is 26.5 Å². The third-order valence-electron chi connectivity index (χ3n) is 0.539. The maximum atomic E-state index is 9.92. The summed E-state index contributed by atoms with van der Waals surface area (Å²) >= 11 is 0. The highest BCUT2D eigenvalue weighted by atomic mass is 31.2. The minimum absolute atomic E-state index is 0.167. The van der Waals surface area contributed by atoms with Gasteiger partial charge in [-0.05, 0) is 33.1 Å². The van der Waals surface area contributed by atoms with Gasteiger partial charge in [-0.25, -0.2) is 0 Å². The smallest absolute Gasteiger partial charge is 0.324 e. The van der Waals surface area contributed by atoms with E-state index in [1.54, 1.807) is 13.8 Å². The lowest BCUT2D eigenvalue weighted by molar-refractivity contribution is -0.115.